The van der Waals surface area contributed by atoms with Crippen molar-refractivity contribution in [3.63, 3.8) is 0 Å². The number of benzene rings is 2. The van der Waals surface area contributed by atoms with Crippen molar-refractivity contribution in [2.45, 2.75) is 25.8 Å². The van der Waals surface area contributed by atoms with Crippen molar-refractivity contribution in [1.82, 2.24) is 9.78 Å². The molecule has 0 aliphatic rings. The summed E-state index contributed by atoms with van der Waals surface area (Å²) < 4.78 is 1.90. The molecule has 0 saturated heterocycles. The van der Waals surface area contributed by atoms with Gasteiger partial charge < -0.3 is 5.73 Å². The molecule has 0 radical (unpaired) electrons. The standard InChI is InChI=1S/C18H21N3/c1-12(2)13-8-10-14(11-9-13)17(19)18-15-6-4-5-7-16(15)21(3)20-18/h4-12,17H,19H2,1-3H3. The Labute approximate surface area is 125 Å². The number of rotatable bonds is 3. The molecule has 0 spiro atoms. The Morgan fingerprint density at radius 1 is 0.952 bits per heavy atom. The van der Waals surface area contributed by atoms with Crippen molar-refractivity contribution < 1.29 is 0 Å². The lowest BCUT2D eigenvalue weighted by atomic mass is 9.97. The Kier molecular flexibility index (Phi) is 3.52. The van der Waals surface area contributed by atoms with E-state index in [1.165, 1.54) is 5.56 Å². The molecular formula is C18H21N3. The van der Waals surface area contributed by atoms with E-state index in [0.29, 0.717) is 5.92 Å². The third-order valence-electron chi connectivity index (χ3n) is 4.04. The molecule has 3 nitrogen and oxygen atoms in total. The van der Waals surface area contributed by atoms with Crippen LogP contribution < -0.4 is 5.73 Å². The van der Waals surface area contributed by atoms with Crippen LogP contribution in [0.25, 0.3) is 10.9 Å². The number of para-hydroxylation sites is 1. The molecule has 1 unspecified atom stereocenters. The number of aryl methyl sites for hydroxylation is 1. The van der Waals surface area contributed by atoms with E-state index < -0.39 is 0 Å². The third-order valence-corrected chi connectivity index (χ3v) is 4.04. The fourth-order valence-electron chi connectivity index (χ4n) is 2.72. The summed E-state index contributed by atoms with van der Waals surface area (Å²) in [5, 5.41) is 5.74. The van der Waals surface area contributed by atoms with Gasteiger partial charge in [-0.15, -0.1) is 0 Å². The van der Waals surface area contributed by atoms with Crippen molar-refractivity contribution in [3.8, 4) is 0 Å². The maximum Gasteiger partial charge on any atom is 0.0915 e. The van der Waals surface area contributed by atoms with Gasteiger partial charge in [0.2, 0.25) is 0 Å². The minimum Gasteiger partial charge on any atom is -0.319 e. The second kappa shape index (κ2) is 5.34. The van der Waals surface area contributed by atoms with Gasteiger partial charge in [0.25, 0.3) is 0 Å². The van der Waals surface area contributed by atoms with Gasteiger partial charge in [0.15, 0.2) is 0 Å². The normalized spacial score (nSPS) is 13.0. The molecule has 1 heterocycles. The van der Waals surface area contributed by atoms with Crippen LogP contribution in [-0.2, 0) is 7.05 Å². The molecule has 1 atom stereocenters. The first-order valence-electron chi connectivity index (χ1n) is 7.35. The van der Waals surface area contributed by atoms with Gasteiger partial charge in [-0.25, -0.2) is 0 Å². The van der Waals surface area contributed by atoms with Crippen LogP contribution in [0.5, 0.6) is 0 Å². The Morgan fingerprint density at radius 2 is 1.57 bits per heavy atom. The summed E-state index contributed by atoms with van der Waals surface area (Å²) in [6.45, 7) is 4.39. The number of fused-ring (bicyclic) bond motifs is 1. The number of nitrogens with two attached hydrogens (primary N) is 1. The summed E-state index contributed by atoms with van der Waals surface area (Å²) in [6.07, 6.45) is 0. The van der Waals surface area contributed by atoms with E-state index >= 15 is 0 Å². The molecule has 0 aliphatic carbocycles. The van der Waals surface area contributed by atoms with Crippen LogP contribution >= 0.6 is 0 Å². The zero-order chi connectivity index (χ0) is 15.0. The molecule has 3 heteroatoms. The number of nitrogens with zero attached hydrogens (tertiary/aromatic N) is 2. The molecule has 2 N–H and O–H groups in total. The second-order valence-corrected chi connectivity index (χ2v) is 5.83. The zero-order valence-electron chi connectivity index (χ0n) is 12.7. The SMILES string of the molecule is CC(C)c1ccc(C(N)c2nn(C)c3ccccc23)cc1. The van der Waals surface area contributed by atoms with E-state index in [-0.39, 0.29) is 6.04 Å². The van der Waals surface area contributed by atoms with Crippen LogP contribution in [-0.4, -0.2) is 9.78 Å². The fourth-order valence-corrected chi connectivity index (χ4v) is 2.72. The van der Waals surface area contributed by atoms with E-state index in [1.54, 1.807) is 0 Å². The van der Waals surface area contributed by atoms with Gasteiger partial charge in [-0.1, -0.05) is 56.3 Å². The molecule has 0 aliphatic heterocycles. The van der Waals surface area contributed by atoms with Crippen LogP contribution in [0.4, 0.5) is 0 Å². The quantitative estimate of drug-likeness (QED) is 0.793. The van der Waals surface area contributed by atoms with Crippen molar-refractivity contribution in [1.29, 1.82) is 0 Å². The molecule has 1 aromatic heterocycles. The van der Waals surface area contributed by atoms with Gasteiger partial charge in [-0.05, 0) is 23.1 Å². The first-order chi connectivity index (χ1) is 10.1. The molecule has 0 bridgehead atoms. The number of aromatic nitrogens is 2. The molecular weight excluding hydrogens is 258 g/mol. The minimum atomic E-state index is -0.197. The number of hydrogen-bond donors (Lipinski definition) is 1. The first kappa shape index (κ1) is 13.8. The Morgan fingerprint density at radius 3 is 2.24 bits per heavy atom. The van der Waals surface area contributed by atoms with E-state index in [2.05, 4.69) is 55.3 Å². The summed E-state index contributed by atoms with van der Waals surface area (Å²) in [4.78, 5) is 0. The molecule has 3 aromatic rings. The zero-order valence-corrected chi connectivity index (χ0v) is 12.7. The molecule has 21 heavy (non-hydrogen) atoms. The highest BCUT2D eigenvalue weighted by atomic mass is 15.3. The second-order valence-electron chi connectivity index (χ2n) is 5.83. The van der Waals surface area contributed by atoms with Crippen molar-refractivity contribution in [2.75, 3.05) is 0 Å². The highest BCUT2D eigenvalue weighted by Gasteiger charge is 2.17. The van der Waals surface area contributed by atoms with Crippen LogP contribution in [0, 0.1) is 0 Å². The van der Waals surface area contributed by atoms with Gasteiger partial charge in [0.05, 0.1) is 17.3 Å². The Balaban J connectivity index is 2.02. The molecule has 0 saturated carbocycles. The number of hydrogen-bond acceptors (Lipinski definition) is 2. The van der Waals surface area contributed by atoms with Crippen LogP contribution in [0.15, 0.2) is 48.5 Å². The van der Waals surface area contributed by atoms with Crippen LogP contribution in [0.3, 0.4) is 0 Å². The predicted octanol–water partition coefficient (Wildman–Crippen LogP) is 3.74. The van der Waals surface area contributed by atoms with E-state index in [1.807, 2.05) is 23.9 Å². The molecule has 2 aromatic carbocycles. The van der Waals surface area contributed by atoms with E-state index in [4.69, 9.17) is 5.73 Å². The highest BCUT2D eigenvalue weighted by Crippen LogP contribution is 2.27. The lowest BCUT2D eigenvalue weighted by Crippen LogP contribution is -2.13. The molecule has 0 amide bonds. The smallest absolute Gasteiger partial charge is 0.0915 e. The van der Waals surface area contributed by atoms with Gasteiger partial charge >= 0.3 is 0 Å². The average Bonchev–Trinajstić information content (AvgIpc) is 2.84. The van der Waals surface area contributed by atoms with E-state index in [0.717, 1.165) is 22.2 Å². The minimum absolute atomic E-state index is 0.197. The molecule has 0 fully saturated rings. The first-order valence-corrected chi connectivity index (χ1v) is 7.35. The van der Waals surface area contributed by atoms with Crippen LogP contribution in [0.2, 0.25) is 0 Å². The fraction of sp³-hybridized carbons (Fsp3) is 0.278. The maximum atomic E-state index is 6.45. The van der Waals surface area contributed by atoms with Crippen molar-refractivity contribution >= 4 is 10.9 Å². The monoisotopic (exact) mass is 279 g/mol. The van der Waals surface area contributed by atoms with Gasteiger partial charge in [0.1, 0.15) is 0 Å². The average molecular weight is 279 g/mol. The van der Waals surface area contributed by atoms with Crippen molar-refractivity contribution in [3.05, 3.63) is 65.4 Å². The van der Waals surface area contributed by atoms with Crippen molar-refractivity contribution in [2.24, 2.45) is 12.8 Å². The summed E-state index contributed by atoms with van der Waals surface area (Å²) in [6, 6.07) is 16.6. The summed E-state index contributed by atoms with van der Waals surface area (Å²) in [5.74, 6) is 0.533. The topological polar surface area (TPSA) is 43.8 Å². The molecule has 108 valence electrons. The van der Waals surface area contributed by atoms with Crippen LogP contribution in [0.1, 0.15) is 42.6 Å². The largest absolute Gasteiger partial charge is 0.319 e. The molecule has 3 rings (SSSR count). The van der Waals surface area contributed by atoms with Gasteiger partial charge in [-0.3, -0.25) is 4.68 Å². The maximum absolute atomic E-state index is 6.45. The summed E-state index contributed by atoms with van der Waals surface area (Å²) in [5.41, 5.74) is 10.9. The Hall–Kier alpha value is -2.13. The summed E-state index contributed by atoms with van der Waals surface area (Å²) >= 11 is 0. The lowest BCUT2D eigenvalue weighted by Gasteiger charge is -2.12. The van der Waals surface area contributed by atoms with Gasteiger partial charge in [0, 0.05) is 12.4 Å². The highest BCUT2D eigenvalue weighted by molar-refractivity contribution is 5.82. The van der Waals surface area contributed by atoms with Gasteiger partial charge in [-0.2, -0.15) is 5.10 Å². The Bertz CT molecular complexity index is 754. The summed E-state index contributed by atoms with van der Waals surface area (Å²) in [7, 11) is 1.96. The lowest BCUT2D eigenvalue weighted by molar-refractivity contribution is 0.731. The van der Waals surface area contributed by atoms with E-state index in [9.17, 15) is 0 Å². The third kappa shape index (κ3) is 2.45. The predicted molar refractivity (Wildman–Crippen MR) is 87.3 cm³/mol.